The van der Waals surface area contributed by atoms with Crippen molar-refractivity contribution in [1.82, 2.24) is 24.8 Å². The van der Waals surface area contributed by atoms with Gasteiger partial charge in [-0.2, -0.15) is 9.61 Å². The molecule has 0 unspecified atom stereocenters. The molecule has 0 saturated carbocycles. The number of thioether (sulfide) groups is 1. The Balaban J connectivity index is 2.10. The van der Waals surface area contributed by atoms with E-state index >= 15 is 0 Å². The summed E-state index contributed by atoms with van der Waals surface area (Å²) in [5.41, 5.74) is 0.661. The van der Waals surface area contributed by atoms with Crippen LogP contribution in [0.25, 0.3) is 17.0 Å². The van der Waals surface area contributed by atoms with Gasteiger partial charge >= 0.3 is 0 Å². The zero-order valence-electron chi connectivity index (χ0n) is 11.1. The van der Waals surface area contributed by atoms with Gasteiger partial charge in [-0.3, -0.25) is 14.6 Å². The Morgan fingerprint density at radius 3 is 2.76 bits per heavy atom. The van der Waals surface area contributed by atoms with Crippen molar-refractivity contribution in [3.05, 3.63) is 40.7 Å². The van der Waals surface area contributed by atoms with Gasteiger partial charge in [0.1, 0.15) is 5.78 Å². The van der Waals surface area contributed by atoms with Gasteiger partial charge in [0.05, 0.1) is 5.75 Å². The van der Waals surface area contributed by atoms with Crippen LogP contribution in [0, 0.1) is 0 Å². The SMILES string of the molecule is CC(=O)CSc1nnc2[nH]c(=O)c(-c3ccccc3)nn12. The second-order valence-electron chi connectivity index (χ2n) is 4.38. The van der Waals surface area contributed by atoms with Crippen molar-refractivity contribution in [1.29, 1.82) is 0 Å². The van der Waals surface area contributed by atoms with E-state index in [0.29, 0.717) is 10.7 Å². The lowest BCUT2D eigenvalue weighted by molar-refractivity contribution is -0.114. The molecule has 0 spiro atoms. The molecule has 3 rings (SSSR count). The number of H-pyrrole nitrogens is 1. The summed E-state index contributed by atoms with van der Waals surface area (Å²) in [6, 6.07) is 9.13. The van der Waals surface area contributed by atoms with Gasteiger partial charge in [0, 0.05) is 5.56 Å². The summed E-state index contributed by atoms with van der Waals surface area (Å²) < 4.78 is 1.44. The van der Waals surface area contributed by atoms with Crippen LogP contribution in [0.2, 0.25) is 0 Å². The molecule has 0 fully saturated rings. The second-order valence-corrected chi connectivity index (χ2v) is 5.32. The van der Waals surface area contributed by atoms with Crippen molar-refractivity contribution in [2.24, 2.45) is 0 Å². The minimum absolute atomic E-state index is 0.0319. The number of hydrogen-bond acceptors (Lipinski definition) is 6. The molecule has 8 heteroatoms. The van der Waals surface area contributed by atoms with Crippen LogP contribution in [0.3, 0.4) is 0 Å². The summed E-state index contributed by atoms with van der Waals surface area (Å²) >= 11 is 1.23. The normalized spacial score (nSPS) is 10.9. The van der Waals surface area contributed by atoms with Crippen molar-refractivity contribution >= 4 is 23.3 Å². The zero-order valence-corrected chi connectivity index (χ0v) is 11.9. The van der Waals surface area contributed by atoms with Gasteiger partial charge in [0.15, 0.2) is 5.69 Å². The topological polar surface area (TPSA) is 93.0 Å². The first-order valence-electron chi connectivity index (χ1n) is 6.18. The Morgan fingerprint density at radius 2 is 2.05 bits per heavy atom. The van der Waals surface area contributed by atoms with Crippen LogP contribution in [0.15, 0.2) is 40.3 Å². The lowest BCUT2D eigenvalue weighted by atomic mass is 10.2. The van der Waals surface area contributed by atoms with Gasteiger partial charge in [-0.25, -0.2) is 0 Å². The summed E-state index contributed by atoms with van der Waals surface area (Å²) in [7, 11) is 0. The van der Waals surface area contributed by atoms with E-state index in [0.717, 1.165) is 0 Å². The minimum Gasteiger partial charge on any atom is -0.299 e. The number of aromatic nitrogens is 5. The summed E-state index contributed by atoms with van der Waals surface area (Å²) in [4.78, 5) is 25.7. The van der Waals surface area contributed by atoms with Crippen molar-refractivity contribution in [3.8, 4) is 11.3 Å². The number of hydrogen-bond donors (Lipinski definition) is 1. The standard InChI is InChI=1S/C13H11N5O2S/c1-8(19)7-21-13-16-15-12-14-11(20)10(17-18(12)13)9-5-3-2-4-6-9/h2-6H,7H2,1H3,(H,14,15,20). The number of rotatable bonds is 4. The first-order valence-corrected chi connectivity index (χ1v) is 7.17. The molecule has 0 aliphatic rings. The monoisotopic (exact) mass is 301 g/mol. The Labute approximate surface area is 123 Å². The Morgan fingerprint density at radius 1 is 1.29 bits per heavy atom. The molecule has 0 atom stereocenters. The van der Waals surface area contributed by atoms with Gasteiger partial charge in [-0.15, -0.1) is 10.2 Å². The Hall–Kier alpha value is -2.48. The van der Waals surface area contributed by atoms with Crippen LogP contribution in [0.1, 0.15) is 6.92 Å². The highest BCUT2D eigenvalue weighted by molar-refractivity contribution is 7.99. The van der Waals surface area contributed by atoms with Crippen molar-refractivity contribution in [2.45, 2.75) is 12.1 Å². The lowest BCUT2D eigenvalue weighted by Gasteiger charge is -2.01. The molecular weight excluding hydrogens is 290 g/mol. The average molecular weight is 301 g/mol. The molecule has 0 aliphatic carbocycles. The smallest absolute Gasteiger partial charge is 0.279 e. The molecule has 3 aromatic rings. The number of Topliss-reactive ketones (excluding diaryl/α,β-unsaturated/α-hetero) is 1. The molecule has 0 amide bonds. The van der Waals surface area contributed by atoms with Crippen LogP contribution in [-0.2, 0) is 4.79 Å². The minimum atomic E-state index is -0.329. The number of aromatic amines is 1. The van der Waals surface area contributed by atoms with E-state index < -0.39 is 0 Å². The molecule has 7 nitrogen and oxygen atoms in total. The highest BCUT2D eigenvalue weighted by Crippen LogP contribution is 2.16. The van der Waals surface area contributed by atoms with E-state index in [2.05, 4.69) is 20.3 Å². The predicted molar refractivity (Wildman–Crippen MR) is 78.2 cm³/mol. The van der Waals surface area contributed by atoms with Gasteiger partial charge < -0.3 is 0 Å². The third kappa shape index (κ3) is 2.70. The van der Waals surface area contributed by atoms with Crippen molar-refractivity contribution in [2.75, 3.05) is 5.75 Å². The van der Waals surface area contributed by atoms with Crippen molar-refractivity contribution in [3.63, 3.8) is 0 Å². The van der Waals surface area contributed by atoms with Crippen LogP contribution >= 0.6 is 11.8 Å². The van der Waals surface area contributed by atoms with E-state index in [1.807, 2.05) is 18.2 Å². The second kappa shape index (κ2) is 5.49. The van der Waals surface area contributed by atoms with Gasteiger partial charge in [-0.05, 0) is 6.92 Å². The molecule has 2 heterocycles. The zero-order chi connectivity index (χ0) is 14.8. The number of nitrogens with zero attached hydrogens (tertiary/aromatic N) is 4. The Bertz CT molecular complexity index is 856. The van der Waals surface area contributed by atoms with E-state index in [1.165, 1.54) is 23.2 Å². The lowest BCUT2D eigenvalue weighted by Crippen LogP contribution is -2.15. The summed E-state index contributed by atoms with van der Waals surface area (Å²) in [5, 5.41) is 12.6. The molecule has 0 aliphatic heterocycles. The molecule has 0 bridgehead atoms. The summed E-state index contributed by atoms with van der Waals surface area (Å²) in [5.74, 6) is 0.567. The fourth-order valence-electron chi connectivity index (χ4n) is 1.78. The van der Waals surface area contributed by atoms with Crippen LogP contribution in [0.4, 0.5) is 0 Å². The number of carbonyl (C=O) groups is 1. The first kappa shape index (κ1) is 13.5. The van der Waals surface area contributed by atoms with E-state index in [9.17, 15) is 9.59 Å². The molecular formula is C13H11N5O2S. The quantitative estimate of drug-likeness (QED) is 0.727. The van der Waals surface area contributed by atoms with Gasteiger partial charge in [-0.1, -0.05) is 42.1 Å². The third-order valence-electron chi connectivity index (χ3n) is 2.70. The van der Waals surface area contributed by atoms with Crippen LogP contribution in [0.5, 0.6) is 0 Å². The van der Waals surface area contributed by atoms with Gasteiger partial charge in [0.2, 0.25) is 5.16 Å². The number of ketones is 1. The van der Waals surface area contributed by atoms with Crippen molar-refractivity contribution < 1.29 is 4.79 Å². The average Bonchev–Trinajstić information content (AvgIpc) is 2.87. The molecule has 21 heavy (non-hydrogen) atoms. The highest BCUT2D eigenvalue weighted by atomic mass is 32.2. The van der Waals surface area contributed by atoms with E-state index in [1.54, 1.807) is 12.1 Å². The first-order chi connectivity index (χ1) is 10.1. The molecule has 1 N–H and O–H groups in total. The Kier molecular flexibility index (Phi) is 3.53. The number of benzene rings is 1. The number of nitrogens with one attached hydrogen (secondary N) is 1. The molecule has 106 valence electrons. The van der Waals surface area contributed by atoms with Gasteiger partial charge in [0.25, 0.3) is 11.3 Å². The van der Waals surface area contributed by atoms with Crippen LogP contribution in [-0.4, -0.2) is 36.3 Å². The number of carbonyl (C=O) groups excluding carboxylic acids is 1. The maximum absolute atomic E-state index is 12.0. The molecule has 0 radical (unpaired) electrons. The summed E-state index contributed by atoms with van der Waals surface area (Å²) in [6.07, 6.45) is 0. The number of fused-ring (bicyclic) bond motifs is 1. The van der Waals surface area contributed by atoms with E-state index in [4.69, 9.17) is 0 Å². The molecule has 1 aromatic carbocycles. The maximum atomic E-state index is 12.0. The predicted octanol–water partition coefficient (Wildman–Crippen LogP) is 1.16. The summed E-state index contributed by atoms with van der Waals surface area (Å²) in [6.45, 7) is 1.50. The maximum Gasteiger partial charge on any atom is 0.279 e. The highest BCUT2D eigenvalue weighted by Gasteiger charge is 2.13. The van der Waals surface area contributed by atoms with Crippen LogP contribution < -0.4 is 5.56 Å². The van der Waals surface area contributed by atoms with E-state index in [-0.39, 0.29) is 28.6 Å². The third-order valence-corrected chi connectivity index (χ3v) is 3.77. The largest absolute Gasteiger partial charge is 0.299 e. The molecule has 0 saturated heterocycles. The fraction of sp³-hybridized carbons (Fsp3) is 0.154. The molecule has 2 aromatic heterocycles. The fourth-order valence-corrected chi connectivity index (χ4v) is 2.46.